The van der Waals surface area contributed by atoms with Gasteiger partial charge in [-0.3, -0.25) is 0 Å². The molecule has 1 aliphatic rings. The predicted molar refractivity (Wildman–Crippen MR) is 57.6 cm³/mol. The number of rotatable bonds is 2. The second kappa shape index (κ2) is 4.11. The van der Waals surface area contributed by atoms with Crippen molar-refractivity contribution in [3.05, 3.63) is 23.3 Å². The van der Waals surface area contributed by atoms with Crippen LogP contribution in [0, 0.1) is 6.92 Å². The van der Waals surface area contributed by atoms with E-state index in [1.165, 1.54) is 0 Å². The minimum Gasteiger partial charge on any atom is -0.486 e. The van der Waals surface area contributed by atoms with Crippen LogP contribution in [0.2, 0.25) is 0 Å². The highest BCUT2D eigenvalue weighted by Crippen LogP contribution is 2.35. The van der Waals surface area contributed by atoms with Crippen LogP contribution in [0.1, 0.15) is 18.1 Å². The molecular formula is C12H16O3. The average molecular weight is 208 g/mol. The zero-order valence-electron chi connectivity index (χ0n) is 9.12. The van der Waals surface area contributed by atoms with E-state index in [0.29, 0.717) is 19.6 Å². The Kier molecular flexibility index (Phi) is 2.82. The summed E-state index contributed by atoms with van der Waals surface area (Å²) >= 11 is 0. The summed E-state index contributed by atoms with van der Waals surface area (Å²) in [4.78, 5) is 0. The summed E-state index contributed by atoms with van der Waals surface area (Å²) in [5.74, 6) is 1.60. The summed E-state index contributed by atoms with van der Waals surface area (Å²) < 4.78 is 11.1. The largest absolute Gasteiger partial charge is 0.486 e. The highest BCUT2D eigenvalue weighted by atomic mass is 16.6. The third-order valence-electron chi connectivity index (χ3n) is 2.38. The fraction of sp³-hybridized carbons (Fsp3) is 0.500. The molecule has 0 radical (unpaired) electrons. The van der Waals surface area contributed by atoms with Crippen LogP contribution >= 0.6 is 0 Å². The van der Waals surface area contributed by atoms with Gasteiger partial charge < -0.3 is 14.6 Å². The van der Waals surface area contributed by atoms with Crippen molar-refractivity contribution in [1.29, 1.82) is 0 Å². The van der Waals surface area contributed by atoms with Gasteiger partial charge in [-0.2, -0.15) is 0 Å². The molecule has 15 heavy (non-hydrogen) atoms. The number of aliphatic hydroxyl groups excluding tert-OH is 1. The molecule has 0 saturated carbocycles. The van der Waals surface area contributed by atoms with E-state index >= 15 is 0 Å². The molecule has 82 valence electrons. The molecule has 1 aliphatic heterocycles. The lowest BCUT2D eigenvalue weighted by Crippen LogP contribution is -2.18. The summed E-state index contributed by atoms with van der Waals surface area (Å²) in [5.41, 5.74) is 2.16. The first-order valence-electron chi connectivity index (χ1n) is 5.24. The SMILES string of the molecule is Cc1cc(CC(C)O)c2c(c1)OCCO2. The summed E-state index contributed by atoms with van der Waals surface area (Å²) in [5, 5.41) is 9.40. The van der Waals surface area contributed by atoms with Crippen molar-refractivity contribution in [2.75, 3.05) is 13.2 Å². The number of aliphatic hydroxyl groups is 1. The van der Waals surface area contributed by atoms with Crippen molar-refractivity contribution in [2.24, 2.45) is 0 Å². The maximum absolute atomic E-state index is 9.40. The fourth-order valence-corrected chi connectivity index (χ4v) is 1.85. The number of benzene rings is 1. The molecule has 1 heterocycles. The molecule has 0 spiro atoms. The Bertz CT molecular complexity index is 358. The second-order valence-electron chi connectivity index (χ2n) is 4.00. The fourth-order valence-electron chi connectivity index (χ4n) is 1.85. The van der Waals surface area contributed by atoms with Gasteiger partial charge in [0.25, 0.3) is 0 Å². The number of ether oxygens (including phenoxy) is 2. The Morgan fingerprint density at radius 2 is 2.07 bits per heavy atom. The van der Waals surface area contributed by atoms with E-state index in [-0.39, 0.29) is 6.10 Å². The Morgan fingerprint density at radius 1 is 1.33 bits per heavy atom. The molecule has 1 atom stereocenters. The maximum atomic E-state index is 9.40. The maximum Gasteiger partial charge on any atom is 0.164 e. The molecule has 0 amide bonds. The van der Waals surface area contributed by atoms with E-state index in [1.807, 2.05) is 19.1 Å². The lowest BCUT2D eigenvalue weighted by atomic mass is 10.0. The quantitative estimate of drug-likeness (QED) is 0.803. The van der Waals surface area contributed by atoms with E-state index in [0.717, 1.165) is 22.6 Å². The molecule has 1 unspecified atom stereocenters. The highest BCUT2D eigenvalue weighted by Gasteiger charge is 2.17. The Morgan fingerprint density at radius 3 is 2.80 bits per heavy atom. The van der Waals surface area contributed by atoms with Crippen molar-refractivity contribution in [3.63, 3.8) is 0 Å². The summed E-state index contributed by atoms with van der Waals surface area (Å²) in [6, 6.07) is 4.01. The topological polar surface area (TPSA) is 38.7 Å². The van der Waals surface area contributed by atoms with E-state index in [2.05, 4.69) is 0 Å². The van der Waals surface area contributed by atoms with Crippen molar-refractivity contribution in [3.8, 4) is 11.5 Å². The molecule has 0 bridgehead atoms. The number of hydrogen-bond acceptors (Lipinski definition) is 3. The predicted octanol–water partition coefficient (Wildman–Crippen LogP) is 1.69. The van der Waals surface area contributed by atoms with Crippen molar-refractivity contribution in [1.82, 2.24) is 0 Å². The van der Waals surface area contributed by atoms with Crippen LogP contribution in [0.4, 0.5) is 0 Å². The molecule has 0 saturated heterocycles. The monoisotopic (exact) mass is 208 g/mol. The minimum absolute atomic E-state index is 0.360. The second-order valence-corrected chi connectivity index (χ2v) is 4.00. The molecule has 2 rings (SSSR count). The van der Waals surface area contributed by atoms with Gasteiger partial charge in [-0.15, -0.1) is 0 Å². The minimum atomic E-state index is -0.360. The first kappa shape index (κ1) is 10.3. The molecule has 1 N–H and O–H groups in total. The van der Waals surface area contributed by atoms with Crippen LogP contribution in [0.5, 0.6) is 11.5 Å². The molecule has 1 aromatic rings. The smallest absolute Gasteiger partial charge is 0.164 e. The third-order valence-corrected chi connectivity index (χ3v) is 2.38. The Labute approximate surface area is 89.6 Å². The van der Waals surface area contributed by atoms with Gasteiger partial charge >= 0.3 is 0 Å². The van der Waals surface area contributed by atoms with Crippen molar-refractivity contribution >= 4 is 0 Å². The van der Waals surface area contributed by atoms with E-state index < -0.39 is 0 Å². The first-order valence-corrected chi connectivity index (χ1v) is 5.24. The van der Waals surface area contributed by atoms with Gasteiger partial charge in [-0.1, -0.05) is 6.07 Å². The van der Waals surface area contributed by atoms with Crippen LogP contribution < -0.4 is 9.47 Å². The molecule has 0 aliphatic carbocycles. The van der Waals surface area contributed by atoms with Gasteiger partial charge in [0.1, 0.15) is 13.2 Å². The lowest BCUT2D eigenvalue weighted by Gasteiger charge is -2.22. The van der Waals surface area contributed by atoms with Crippen molar-refractivity contribution < 1.29 is 14.6 Å². The zero-order chi connectivity index (χ0) is 10.8. The summed E-state index contributed by atoms with van der Waals surface area (Å²) in [6.07, 6.45) is 0.245. The molecule has 3 nitrogen and oxygen atoms in total. The van der Waals surface area contributed by atoms with Crippen molar-refractivity contribution in [2.45, 2.75) is 26.4 Å². The highest BCUT2D eigenvalue weighted by molar-refractivity contribution is 5.50. The van der Waals surface area contributed by atoms with Crippen LogP contribution in [-0.2, 0) is 6.42 Å². The Balaban J connectivity index is 2.38. The van der Waals surface area contributed by atoms with Gasteiger partial charge in [0.2, 0.25) is 0 Å². The normalized spacial score (nSPS) is 16.2. The molecule has 0 aromatic heterocycles. The van der Waals surface area contributed by atoms with E-state index in [1.54, 1.807) is 6.92 Å². The number of aryl methyl sites for hydroxylation is 1. The molecule has 1 aromatic carbocycles. The lowest BCUT2D eigenvalue weighted by molar-refractivity contribution is 0.163. The Hall–Kier alpha value is -1.22. The zero-order valence-corrected chi connectivity index (χ0v) is 9.12. The molecule has 0 fully saturated rings. The summed E-state index contributed by atoms with van der Waals surface area (Å²) in [7, 11) is 0. The summed E-state index contributed by atoms with van der Waals surface area (Å²) in [6.45, 7) is 4.98. The van der Waals surface area contributed by atoms with Crippen LogP contribution in [0.15, 0.2) is 12.1 Å². The van der Waals surface area contributed by atoms with Gasteiger partial charge in [-0.05, 0) is 25.5 Å². The number of fused-ring (bicyclic) bond motifs is 1. The third kappa shape index (κ3) is 2.23. The standard InChI is InChI=1S/C12H16O3/c1-8-5-10(7-9(2)13)12-11(6-8)14-3-4-15-12/h5-6,9,13H,3-4,7H2,1-2H3. The van der Waals surface area contributed by atoms with Gasteiger partial charge in [0.05, 0.1) is 6.10 Å². The van der Waals surface area contributed by atoms with Gasteiger partial charge in [0.15, 0.2) is 11.5 Å². The van der Waals surface area contributed by atoms with Gasteiger partial charge in [0, 0.05) is 12.0 Å². The average Bonchev–Trinajstić information content (AvgIpc) is 2.16. The van der Waals surface area contributed by atoms with Crippen LogP contribution in [0.3, 0.4) is 0 Å². The van der Waals surface area contributed by atoms with Gasteiger partial charge in [-0.25, -0.2) is 0 Å². The molecular weight excluding hydrogens is 192 g/mol. The van der Waals surface area contributed by atoms with E-state index in [4.69, 9.17) is 9.47 Å². The van der Waals surface area contributed by atoms with Crippen LogP contribution in [-0.4, -0.2) is 24.4 Å². The van der Waals surface area contributed by atoms with E-state index in [9.17, 15) is 5.11 Å². The number of hydrogen-bond donors (Lipinski definition) is 1. The molecule has 3 heteroatoms. The first-order chi connectivity index (χ1) is 7.16. The van der Waals surface area contributed by atoms with Crippen LogP contribution in [0.25, 0.3) is 0 Å².